The van der Waals surface area contributed by atoms with Crippen molar-refractivity contribution < 1.29 is 14.2 Å². The van der Waals surface area contributed by atoms with E-state index in [0.717, 1.165) is 13.0 Å². The summed E-state index contributed by atoms with van der Waals surface area (Å²) in [5.41, 5.74) is 0. The van der Waals surface area contributed by atoms with Gasteiger partial charge in [-0.25, -0.2) is 0 Å². The summed E-state index contributed by atoms with van der Waals surface area (Å²) in [6, 6.07) is 0.322. The Bertz CT molecular complexity index is 368. The summed E-state index contributed by atoms with van der Waals surface area (Å²) in [6.07, 6.45) is 0.857. The van der Waals surface area contributed by atoms with E-state index in [1.807, 2.05) is 13.8 Å². The van der Waals surface area contributed by atoms with Crippen molar-refractivity contribution in [1.29, 1.82) is 0 Å². The number of methoxy groups -OCH3 is 1. The maximum atomic E-state index is 5.38. The van der Waals surface area contributed by atoms with Crippen LogP contribution < -0.4 is 15.4 Å². The van der Waals surface area contributed by atoms with Crippen molar-refractivity contribution in [3.05, 3.63) is 0 Å². The average molecular weight is 299 g/mol. The van der Waals surface area contributed by atoms with Crippen molar-refractivity contribution >= 4 is 11.9 Å². The molecule has 1 rings (SSSR count). The Morgan fingerprint density at radius 3 is 2.38 bits per heavy atom. The van der Waals surface area contributed by atoms with Crippen LogP contribution in [-0.2, 0) is 9.47 Å². The molecule has 0 saturated heterocycles. The number of aromatic nitrogens is 3. The molecule has 0 aromatic carbocycles. The van der Waals surface area contributed by atoms with Gasteiger partial charge >= 0.3 is 6.01 Å². The van der Waals surface area contributed by atoms with Crippen LogP contribution in [-0.4, -0.2) is 61.6 Å². The van der Waals surface area contributed by atoms with Gasteiger partial charge in [-0.15, -0.1) is 0 Å². The monoisotopic (exact) mass is 299 g/mol. The molecular formula is C13H25N5O3. The van der Waals surface area contributed by atoms with Crippen molar-refractivity contribution in [1.82, 2.24) is 15.0 Å². The summed E-state index contributed by atoms with van der Waals surface area (Å²) in [7, 11) is 1.66. The molecule has 1 heterocycles. The van der Waals surface area contributed by atoms with Gasteiger partial charge in [0.1, 0.15) is 0 Å². The van der Waals surface area contributed by atoms with E-state index >= 15 is 0 Å². The Morgan fingerprint density at radius 1 is 0.952 bits per heavy atom. The first-order valence-corrected chi connectivity index (χ1v) is 7.23. The molecule has 0 bridgehead atoms. The van der Waals surface area contributed by atoms with Gasteiger partial charge < -0.3 is 24.8 Å². The van der Waals surface area contributed by atoms with Crippen LogP contribution in [0, 0.1) is 0 Å². The Labute approximate surface area is 125 Å². The molecule has 0 saturated carbocycles. The zero-order valence-electron chi connectivity index (χ0n) is 13.0. The quantitative estimate of drug-likeness (QED) is 0.556. The third kappa shape index (κ3) is 7.62. The molecule has 2 N–H and O–H groups in total. The highest BCUT2D eigenvalue weighted by Crippen LogP contribution is 2.10. The molecule has 0 radical (unpaired) electrons. The van der Waals surface area contributed by atoms with Crippen LogP contribution in [0.3, 0.4) is 0 Å². The smallest absolute Gasteiger partial charge is 0.323 e. The van der Waals surface area contributed by atoms with Gasteiger partial charge in [-0.3, -0.25) is 0 Å². The van der Waals surface area contributed by atoms with Crippen LogP contribution in [0.2, 0.25) is 0 Å². The fraction of sp³-hybridized carbons (Fsp3) is 0.769. The van der Waals surface area contributed by atoms with E-state index in [1.165, 1.54) is 0 Å². The number of hydrogen-bond acceptors (Lipinski definition) is 8. The Balaban J connectivity index is 2.38. The molecule has 0 aliphatic carbocycles. The van der Waals surface area contributed by atoms with Gasteiger partial charge in [0, 0.05) is 26.8 Å². The molecular weight excluding hydrogens is 274 g/mol. The second-order valence-electron chi connectivity index (χ2n) is 4.11. The fourth-order valence-electron chi connectivity index (χ4n) is 1.49. The van der Waals surface area contributed by atoms with E-state index in [9.17, 15) is 0 Å². The first-order valence-electron chi connectivity index (χ1n) is 7.23. The summed E-state index contributed by atoms with van der Waals surface area (Å²) >= 11 is 0. The molecule has 0 atom stereocenters. The summed E-state index contributed by atoms with van der Waals surface area (Å²) in [5.74, 6) is 1.01. The van der Waals surface area contributed by atoms with Crippen LogP contribution in [0.5, 0.6) is 6.01 Å². The lowest BCUT2D eigenvalue weighted by molar-refractivity contribution is 0.0705. The molecule has 0 amide bonds. The molecule has 8 heteroatoms. The SMILES string of the molecule is CCNc1nc(NCCCOCCOC)nc(OCC)n1. The molecule has 120 valence electrons. The number of anilines is 2. The first-order chi connectivity index (χ1) is 10.3. The minimum Gasteiger partial charge on any atom is -0.464 e. The van der Waals surface area contributed by atoms with Gasteiger partial charge in [-0.1, -0.05) is 0 Å². The third-order valence-corrected chi connectivity index (χ3v) is 2.40. The van der Waals surface area contributed by atoms with E-state index in [0.29, 0.717) is 50.9 Å². The highest BCUT2D eigenvalue weighted by molar-refractivity contribution is 5.35. The third-order valence-electron chi connectivity index (χ3n) is 2.40. The number of ether oxygens (including phenoxy) is 3. The predicted molar refractivity (Wildman–Crippen MR) is 81.0 cm³/mol. The van der Waals surface area contributed by atoms with E-state index < -0.39 is 0 Å². The summed E-state index contributed by atoms with van der Waals surface area (Å²) in [5, 5.41) is 6.19. The minimum atomic E-state index is 0.322. The number of rotatable bonds is 12. The largest absolute Gasteiger partial charge is 0.464 e. The average Bonchev–Trinajstić information content (AvgIpc) is 2.47. The van der Waals surface area contributed by atoms with Crippen molar-refractivity contribution in [2.75, 3.05) is 57.3 Å². The van der Waals surface area contributed by atoms with Crippen LogP contribution >= 0.6 is 0 Å². The Kier molecular flexibility index (Phi) is 9.14. The number of hydrogen-bond donors (Lipinski definition) is 2. The maximum Gasteiger partial charge on any atom is 0.323 e. The normalized spacial score (nSPS) is 10.4. The van der Waals surface area contributed by atoms with Gasteiger partial charge in [0.25, 0.3) is 0 Å². The number of nitrogens with zero attached hydrogens (tertiary/aromatic N) is 3. The highest BCUT2D eigenvalue weighted by Gasteiger charge is 2.06. The van der Waals surface area contributed by atoms with E-state index in [1.54, 1.807) is 7.11 Å². The van der Waals surface area contributed by atoms with Crippen LogP contribution in [0.15, 0.2) is 0 Å². The molecule has 8 nitrogen and oxygen atoms in total. The summed E-state index contributed by atoms with van der Waals surface area (Å²) in [6.45, 7) is 7.74. The van der Waals surface area contributed by atoms with Crippen molar-refractivity contribution in [3.63, 3.8) is 0 Å². The van der Waals surface area contributed by atoms with Crippen LogP contribution in [0.4, 0.5) is 11.9 Å². The molecule has 0 spiro atoms. The van der Waals surface area contributed by atoms with Crippen molar-refractivity contribution in [2.24, 2.45) is 0 Å². The molecule has 1 aromatic rings. The lowest BCUT2D eigenvalue weighted by Crippen LogP contribution is -2.13. The van der Waals surface area contributed by atoms with Gasteiger partial charge in [-0.05, 0) is 20.3 Å². The summed E-state index contributed by atoms with van der Waals surface area (Å²) in [4.78, 5) is 12.6. The summed E-state index contributed by atoms with van der Waals surface area (Å²) < 4.78 is 15.6. The first kappa shape index (κ1) is 17.4. The lowest BCUT2D eigenvalue weighted by atomic mass is 10.4. The van der Waals surface area contributed by atoms with Gasteiger partial charge in [0.2, 0.25) is 11.9 Å². The Hall–Kier alpha value is -1.67. The van der Waals surface area contributed by atoms with Gasteiger partial charge in [0.05, 0.1) is 19.8 Å². The second-order valence-corrected chi connectivity index (χ2v) is 4.11. The molecule has 0 aliphatic heterocycles. The van der Waals surface area contributed by atoms with Crippen LogP contribution in [0.1, 0.15) is 20.3 Å². The molecule has 0 fully saturated rings. The van der Waals surface area contributed by atoms with Gasteiger partial charge in [0.15, 0.2) is 0 Å². The second kappa shape index (κ2) is 11.0. The maximum absolute atomic E-state index is 5.38. The predicted octanol–water partition coefficient (Wildman–Crippen LogP) is 1.17. The molecule has 0 unspecified atom stereocenters. The zero-order chi connectivity index (χ0) is 15.3. The van der Waals surface area contributed by atoms with Crippen LogP contribution in [0.25, 0.3) is 0 Å². The standard InChI is InChI=1S/C13H25N5O3/c1-4-14-11-16-12(18-13(17-11)21-5-2)15-7-6-8-20-10-9-19-3/h4-10H2,1-3H3,(H2,14,15,16,17,18). The molecule has 21 heavy (non-hydrogen) atoms. The van der Waals surface area contributed by atoms with Crippen molar-refractivity contribution in [3.8, 4) is 6.01 Å². The molecule has 0 aliphatic rings. The lowest BCUT2D eigenvalue weighted by Gasteiger charge is -2.09. The van der Waals surface area contributed by atoms with E-state index in [2.05, 4.69) is 25.6 Å². The number of nitrogens with one attached hydrogen (secondary N) is 2. The topological polar surface area (TPSA) is 90.4 Å². The van der Waals surface area contributed by atoms with E-state index in [-0.39, 0.29) is 0 Å². The fourth-order valence-corrected chi connectivity index (χ4v) is 1.49. The van der Waals surface area contributed by atoms with E-state index in [4.69, 9.17) is 14.2 Å². The van der Waals surface area contributed by atoms with Gasteiger partial charge in [-0.2, -0.15) is 15.0 Å². The zero-order valence-corrected chi connectivity index (χ0v) is 13.0. The Morgan fingerprint density at radius 2 is 1.71 bits per heavy atom. The minimum absolute atomic E-state index is 0.322. The highest BCUT2D eigenvalue weighted by atomic mass is 16.5. The van der Waals surface area contributed by atoms with Crippen molar-refractivity contribution in [2.45, 2.75) is 20.3 Å². The molecule has 1 aromatic heterocycles.